The fourth-order valence-corrected chi connectivity index (χ4v) is 1.60. The molecule has 0 aromatic carbocycles. The first kappa shape index (κ1) is 43.2. The van der Waals surface area contributed by atoms with Crippen molar-refractivity contribution in [3.05, 3.63) is 13.2 Å². The molecule has 0 amide bonds. The zero-order chi connectivity index (χ0) is 19.2. The van der Waals surface area contributed by atoms with Gasteiger partial charge in [0.15, 0.2) is 0 Å². The Balaban J connectivity index is -0.0000000396. The molecule has 2 N–H and O–H groups in total. The summed E-state index contributed by atoms with van der Waals surface area (Å²) >= 11 is 0. The molecule has 0 saturated carbocycles. The van der Waals surface area contributed by atoms with Gasteiger partial charge in [0.2, 0.25) is 0 Å². The van der Waals surface area contributed by atoms with Gasteiger partial charge in [-0.3, -0.25) is 0 Å². The van der Waals surface area contributed by atoms with E-state index in [-0.39, 0.29) is 7.43 Å². The molecule has 0 spiro atoms. The van der Waals surface area contributed by atoms with Crippen LogP contribution in [0.25, 0.3) is 0 Å². The van der Waals surface area contributed by atoms with Gasteiger partial charge in [-0.25, -0.2) is 0 Å². The number of aliphatic hydroxyl groups excluding tert-OH is 1. The third-order valence-electron chi connectivity index (χ3n) is 2.45. The summed E-state index contributed by atoms with van der Waals surface area (Å²) in [5.74, 6) is 0. The number of carbonyl (C=O) groups is 1. The van der Waals surface area contributed by atoms with Crippen molar-refractivity contribution < 1.29 is 9.90 Å². The molecule has 148 valence electrons. The molecule has 3 nitrogen and oxygen atoms in total. The van der Waals surface area contributed by atoms with E-state index in [1.807, 2.05) is 34.5 Å². The highest BCUT2D eigenvalue weighted by molar-refractivity contribution is 5.10. The monoisotopic (exact) mass is 337 g/mol. The fraction of sp³-hybridized carbons (Fsp3) is 0.850. The molecule has 0 aromatic rings. The van der Waals surface area contributed by atoms with Crippen LogP contribution >= 0.6 is 0 Å². The Hall–Kier alpha value is -0.670. The lowest BCUT2D eigenvalue weighted by Crippen LogP contribution is -2.24. The smallest absolute Gasteiger partial charge is 0.106 e. The quantitative estimate of drug-likeness (QED) is 0.406. The van der Waals surface area contributed by atoms with Gasteiger partial charge in [-0.1, -0.05) is 81.1 Å². The van der Waals surface area contributed by atoms with Gasteiger partial charge < -0.3 is 15.2 Å². The third kappa shape index (κ3) is 74.7. The minimum atomic E-state index is 0. The van der Waals surface area contributed by atoms with E-state index in [4.69, 9.17) is 9.90 Å². The van der Waals surface area contributed by atoms with Crippen LogP contribution in [0.2, 0.25) is 0 Å². The van der Waals surface area contributed by atoms with Crippen molar-refractivity contribution in [3.8, 4) is 0 Å². The lowest BCUT2D eigenvalue weighted by Gasteiger charge is -2.14. The second kappa shape index (κ2) is 82.6. The molecule has 0 aliphatic rings. The maximum atomic E-state index is 8.00. The lowest BCUT2D eigenvalue weighted by atomic mass is 10.0. The molecule has 0 saturated heterocycles. The van der Waals surface area contributed by atoms with Gasteiger partial charge >= 0.3 is 0 Å². The summed E-state index contributed by atoms with van der Waals surface area (Å²) in [6, 6.07) is 0.770. The number of hydrogen-bond donors (Lipinski definition) is 2. The van der Waals surface area contributed by atoms with E-state index in [0.29, 0.717) is 0 Å². The van der Waals surface area contributed by atoms with Gasteiger partial charge in [0, 0.05) is 13.2 Å². The molecule has 0 aliphatic carbocycles. The summed E-state index contributed by atoms with van der Waals surface area (Å²) in [7, 11) is 3.08. The van der Waals surface area contributed by atoms with Crippen LogP contribution in [-0.2, 0) is 4.79 Å². The summed E-state index contributed by atoms with van der Waals surface area (Å²) < 4.78 is 0. The predicted octanol–water partition coefficient (Wildman–Crippen LogP) is 6.26. The van der Waals surface area contributed by atoms with Crippen LogP contribution in [-0.4, -0.2) is 32.1 Å². The van der Waals surface area contributed by atoms with E-state index < -0.39 is 0 Å². The highest BCUT2D eigenvalue weighted by atomic mass is 16.2. The predicted molar refractivity (Wildman–Crippen MR) is 112 cm³/mol. The van der Waals surface area contributed by atoms with Crippen molar-refractivity contribution >= 4 is 6.79 Å². The summed E-state index contributed by atoms with van der Waals surface area (Å²) in [5, 5.41) is 10.4. The van der Waals surface area contributed by atoms with E-state index in [2.05, 4.69) is 39.4 Å². The highest BCUT2D eigenvalue weighted by Crippen LogP contribution is 2.08. The number of rotatable bonds is 8. The van der Waals surface area contributed by atoms with E-state index in [0.717, 1.165) is 13.2 Å². The number of carbonyl (C=O) groups excluding carboxylic acids is 1. The standard InChI is InChI=1S/C11H25N.2C2H6.C2H4.CH4O.CH2O.CH4/c1-4-6-7-8-10-11(12-3)9-5-2;5*1-2;/h11-12H,4-10H2,1-3H3;2*1-2H3;1-2H2;2H,1H3;1H2;1H4. The first-order valence-corrected chi connectivity index (χ1v) is 8.76. The molecule has 0 fully saturated rings. The first-order chi connectivity index (χ1) is 10.8. The van der Waals surface area contributed by atoms with Gasteiger partial charge in [-0.05, 0) is 19.9 Å². The molecular weight excluding hydrogens is 286 g/mol. The Labute approximate surface area is 150 Å². The molecule has 0 aromatic heterocycles. The van der Waals surface area contributed by atoms with Gasteiger partial charge in [0.25, 0.3) is 0 Å². The normalized spacial score (nSPS) is 8.04. The van der Waals surface area contributed by atoms with Crippen molar-refractivity contribution in [2.75, 3.05) is 14.2 Å². The second-order valence-corrected chi connectivity index (χ2v) is 3.62. The number of unbranched alkanes of at least 4 members (excludes halogenated alkanes) is 3. The summed E-state index contributed by atoms with van der Waals surface area (Å²) in [6.07, 6.45) is 9.57. The second-order valence-electron chi connectivity index (χ2n) is 3.62. The summed E-state index contributed by atoms with van der Waals surface area (Å²) in [6.45, 7) is 20.5. The minimum absolute atomic E-state index is 0. The van der Waals surface area contributed by atoms with Crippen LogP contribution in [0.15, 0.2) is 13.2 Å². The van der Waals surface area contributed by atoms with E-state index in [9.17, 15) is 0 Å². The lowest BCUT2D eigenvalue weighted by molar-refractivity contribution is -0.0979. The number of aliphatic hydroxyl groups is 1. The van der Waals surface area contributed by atoms with Gasteiger partial charge in [-0.15, -0.1) is 13.2 Å². The molecule has 0 rings (SSSR count). The SMILES string of the molecule is C.C=C.C=O.CC.CC.CCCCCCC(CCC)NC.CO. The van der Waals surface area contributed by atoms with Crippen LogP contribution in [0.3, 0.4) is 0 Å². The number of nitrogens with one attached hydrogen (secondary N) is 1. The first-order valence-electron chi connectivity index (χ1n) is 8.76. The third-order valence-corrected chi connectivity index (χ3v) is 2.45. The average Bonchev–Trinajstić information content (AvgIpc) is 2.66. The fourth-order valence-electron chi connectivity index (χ4n) is 1.60. The molecule has 1 unspecified atom stereocenters. The van der Waals surface area contributed by atoms with Gasteiger partial charge in [0.1, 0.15) is 6.79 Å². The average molecular weight is 338 g/mol. The summed E-state index contributed by atoms with van der Waals surface area (Å²) in [4.78, 5) is 8.00. The molecule has 1 atom stereocenters. The Morgan fingerprint density at radius 3 is 1.48 bits per heavy atom. The molecule has 0 aliphatic heterocycles. The van der Waals surface area contributed by atoms with E-state index >= 15 is 0 Å². The highest BCUT2D eigenvalue weighted by Gasteiger charge is 2.02. The van der Waals surface area contributed by atoms with Crippen molar-refractivity contribution in [1.29, 1.82) is 0 Å². The summed E-state index contributed by atoms with van der Waals surface area (Å²) in [5.41, 5.74) is 0. The molecule has 23 heavy (non-hydrogen) atoms. The van der Waals surface area contributed by atoms with Gasteiger partial charge in [-0.2, -0.15) is 0 Å². The van der Waals surface area contributed by atoms with Crippen LogP contribution in [0.5, 0.6) is 0 Å². The Morgan fingerprint density at radius 1 is 0.826 bits per heavy atom. The van der Waals surface area contributed by atoms with Crippen LogP contribution < -0.4 is 5.32 Å². The Kier molecular flexibility index (Phi) is 155. The maximum Gasteiger partial charge on any atom is 0.106 e. The largest absolute Gasteiger partial charge is 0.400 e. The molecule has 0 radical (unpaired) electrons. The molecule has 0 heterocycles. The topological polar surface area (TPSA) is 49.3 Å². The van der Waals surface area contributed by atoms with Crippen molar-refractivity contribution in [2.45, 2.75) is 100.0 Å². The van der Waals surface area contributed by atoms with Gasteiger partial charge in [0.05, 0.1) is 0 Å². The molecular formula is C20H51NO2. The minimum Gasteiger partial charge on any atom is -0.400 e. The van der Waals surface area contributed by atoms with Crippen molar-refractivity contribution in [3.63, 3.8) is 0 Å². The van der Waals surface area contributed by atoms with Crippen LogP contribution in [0.4, 0.5) is 0 Å². The Morgan fingerprint density at radius 2 is 1.22 bits per heavy atom. The molecule has 3 heteroatoms. The Bertz CT molecular complexity index is 110. The maximum absolute atomic E-state index is 8.00. The van der Waals surface area contributed by atoms with E-state index in [1.54, 1.807) is 0 Å². The van der Waals surface area contributed by atoms with Crippen LogP contribution in [0, 0.1) is 0 Å². The van der Waals surface area contributed by atoms with Crippen LogP contribution in [0.1, 0.15) is 93.9 Å². The van der Waals surface area contributed by atoms with Crippen molar-refractivity contribution in [2.24, 2.45) is 0 Å². The molecule has 0 bridgehead atoms. The zero-order valence-corrected chi connectivity index (χ0v) is 17.0. The zero-order valence-electron chi connectivity index (χ0n) is 17.0. The van der Waals surface area contributed by atoms with Crippen molar-refractivity contribution in [1.82, 2.24) is 5.32 Å². The number of hydrogen-bond acceptors (Lipinski definition) is 3. The van der Waals surface area contributed by atoms with E-state index in [1.165, 1.54) is 44.9 Å².